The Hall–Kier alpha value is -1.27. The second kappa shape index (κ2) is 3.22. The summed E-state index contributed by atoms with van der Waals surface area (Å²) in [4.78, 5) is 3.06. The van der Waals surface area contributed by atoms with Gasteiger partial charge in [-0.25, -0.2) is 0 Å². The lowest BCUT2D eigenvalue weighted by Gasteiger charge is -1.96. The van der Waals surface area contributed by atoms with E-state index >= 15 is 0 Å². The Labute approximate surface area is 69.6 Å². The maximum absolute atomic E-state index is 8.50. The van der Waals surface area contributed by atoms with E-state index in [0.29, 0.717) is 16.4 Å². The Kier molecular flexibility index (Phi) is 2.29. The van der Waals surface area contributed by atoms with Gasteiger partial charge in [-0.1, -0.05) is 17.7 Å². The minimum Gasteiger partial charge on any atom is -0.380 e. The summed E-state index contributed by atoms with van der Waals surface area (Å²) < 4.78 is 0. The third-order valence-electron chi connectivity index (χ3n) is 1.35. The zero-order valence-corrected chi connectivity index (χ0v) is 6.76. The summed E-state index contributed by atoms with van der Waals surface area (Å²) in [5, 5.41) is 11.9. The van der Waals surface area contributed by atoms with Crippen molar-refractivity contribution in [3.63, 3.8) is 0 Å². The molecule has 56 valence electrons. The molecule has 0 bridgehead atoms. The fourth-order valence-corrected chi connectivity index (χ4v) is 1.11. The number of anilines is 1. The average Bonchev–Trinajstić information content (AvgIpc) is 2.04. The lowest BCUT2D eigenvalue weighted by molar-refractivity contribution is 1.44. The highest BCUT2D eigenvalue weighted by Gasteiger charge is 2.14. The summed E-state index contributed by atoms with van der Waals surface area (Å²) in [6, 6.07) is 5.11. The van der Waals surface area contributed by atoms with Gasteiger partial charge < -0.3 is 5.32 Å². The molecule has 3 nitrogen and oxygen atoms in total. The van der Waals surface area contributed by atoms with Gasteiger partial charge in [0.1, 0.15) is 5.69 Å². The molecule has 1 rings (SSSR count). The third kappa shape index (κ3) is 1.41. The zero-order valence-electron chi connectivity index (χ0n) is 6.00. The van der Waals surface area contributed by atoms with Crippen LogP contribution < -0.4 is 5.32 Å². The molecule has 0 saturated heterocycles. The van der Waals surface area contributed by atoms with Crippen LogP contribution in [0.4, 0.5) is 11.4 Å². The molecule has 0 radical (unpaired) electrons. The lowest BCUT2D eigenvalue weighted by atomic mass is 10.3. The lowest BCUT2D eigenvalue weighted by Crippen LogP contribution is -1.88. The Morgan fingerprint density at radius 1 is 1.55 bits per heavy atom. The van der Waals surface area contributed by atoms with Crippen LogP contribution in [0.2, 0.25) is 5.02 Å². The van der Waals surface area contributed by atoms with E-state index in [9.17, 15) is 0 Å². The van der Waals surface area contributed by atoms with Gasteiger partial charge in [0.25, 0.3) is 0 Å². The van der Waals surface area contributed by atoms with Crippen LogP contribution in [-0.2, 0) is 0 Å². The quantitative estimate of drug-likeness (QED) is 0.655. The van der Waals surface area contributed by atoms with E-state index in [-0.39, 0.29) is 0 Å². The van der Waals surface area contributed by atoms with Crippen molar-refractivity contribution in [2.45, 2.75) is 0 Å². The third-order valence-corrected chi connectivity index (χ3v) is 1.66. The number of nitrogens with one attached hydrogen (secondary N) is 1. The van der Waals surface area contributed by atoms with Crippen LogP contribution in [0.1, 0.15) is 0 Å². The number of hydrogen-bond acceptors (Lipinski definition) is 2. The molecular weight excluding hydrogens is 162 g/mol. The van der Waals surface area contributed by atoms with Crippen LogP contribution in [0.5, 0.6) is 0 Å². The number of para-hydroxylation sites is 1. The first-order valence-electron chi connectivity index (χ1n) is 3.11. The van der Waals surface area contributed by atoms with Gasteiger partial charge in [0.2, 0.25) is 5.39 Å². The van der Waals surface area contributed by atoms with Gasteiger partial charge in [0.05, 0.1) is 5.02 Å². The fourth-order valence-electron chi connectivity index (χ4n) is 0.844. The molecule has 0 amide bonds. The van der Waals surface area contributed by atoms with Crippen LogP contribution in [0.3, 0.4) is 0 Å². The number of rotatable bonds is 1. The van der Waals surface area contributed by atoms with E-state index in [2.05, 4.69) is 10.3 Å². The van der Waals surface area contributed by atoms with Crippen LogP contribution >= 0.6 is 11.6 Å². The zero-order chi connectivity index (χ0) is 8.27. The van der Waals surface area contributed by atoms with Gasteiger partial charge >= 0.3 is 5.69 Å². The Morgan fingerprint density at radius 2 is 2.27 bits per heavy atom. The van der Waals surface area contributed by atoms with E-state index in [1.807, 2.05) is 0 Å². The average molecular weight is 169 g/mol. The van der Waals surface area contributed by atoms with Crippen molar-refractivity contribution < 1.29 is 0 Å². The molecule has 0 aromatic heterocycles. The molecule has 0 spiro atoms. The Balaban J connectivity index is 3.27. The molecule has 0 heterocycles. The maximum Gasteiger partial charge on any atom is 0.409 e. The summed E-state index contributed by atoms with van der Waals surface area (Å²) in [6.07, 6.45) is 0. The monoisotopic (exact) mass is 168 g/mol. The van der Waals surface area contributed by atoms with Crippen molar-refractivity contribution in [2.24, 2.45) is 0 Å². The first kappa shape index (κ1) is 7.83. The number of halogens is 1. The van der Waals surface area contributed by atoms with E-state index in [1.54, 1.807) is 25.2 Å². The fraction of sp³-hybridized carbons (Fsp3) is 0.143. The van der Waals surface area contributed by atoms with Gasteiger partial charge in [-0.15, -0.1) is 0 Å². The molecule has 0 atom stereocenters. The first-order valence-corrected chi connectivity index (χ1v) is 3.48. The number of benzene rings is 1. The summed E-state index contributed by atoms with van der Waals surface area (Å²) in [6.45, 7) is 0. The van der Waals surface area contributed by atoms with Crippen molar-refractivity contribution in [3.8, 4) is 0 Å². The molecule has 0 aliphatic rings. The van der Waals surface area contributed by atoms with E-state index in [0.717, 1.165) is 0 Å². The standard InChI is InChI=1S/C7H7ClN3/c1-10-7-5(8)3-2-4-6(7)11-9/h2-4,10H,1H3/q+1. The predicted octanol–water partition coefficient (Wildman–Crippen LogP) is 2.87. The molecule has 0 aliphatic carbocycles. The largest absolute Gasteiger partial charge is 0.409 e. The van der Waals surface area contributed by atoms with Crippen LogP contribution in [-0.4, -0.2) is 7.05 Å². The maximum atomic E-state index is 8.50. The van der Waals surface area contributed by atoms with Crippen molar-refractivity contribution in [1.82, 2.24) is 0 Å². The summed E-state index contributed by atoms with van der Waals surface area (Å²) in [5.41, 5.74) is 1.08. The number of diazo groups is 1. The molecule has 0 aliphatic heterocycles. The minimum absolute atomic E-state index is 0.444. The van der Waals surface area contributed by atoms with Gasteiger partial charge in [-0.2, -0.15) is 0 Å². The molecule has 1 N–H and O–H groups in total. The molecule has 1 aromatic rings. The van der Waals surface area contributed by atoms with Gasteiger partial charge in [0, 0.05) is 13.1 Å². The van der Waals surface area contributed by atoms with Crippen molar-refractivity contribution in [1.29, 1.82) is 5.39 Å². The van der Waals surface area contributed by atoms with Gasteiger partial charge in [0.15, 0.2) is 4.98 Å². The molecule has 0 saturated carbocycles. The van der Waals surface area contributed by atoms with Crippen molar-refractivity contribution in [2.75, 3.05) is 12.4 Å². The number of hydrogen-bond donors (Lipinski definition) is 1. The highest BCUT2D eigenvalue weighted by molar-refractivity contribution is 6.33. The number of nitrogens with zero attached hydrogens (tertiary/aromatic N) is 2. The Bertz CT molecular complexity index is 303. The second-order valence-corrected chi connectivity index (χ2v) is 2.39. The summed E-state index contributed by atoms with van der Waals surface area (Å²) >= 11 is 5.77. The van der Waals surface area contributed by atoms with Crippen LogP contribution in [0.15, 0.2) is 18.2 Å². The van der Waals surface area contributed by atoms with Crippen molar-refractivity contribution in [3.05, 3.63) is 28.2 Å². The van der Waals surface area contributed by atoms with Crippen molar-refractivity contribution >= 4 is 23.0 Å². The SMILES string of the molecule is CNc1c(Cl)cccc1[N+]#N. The first-order chi connectivity index (χ1) is 5.29. The molecule has 1 aromatic carbocycles. The van der Waals surface area contributed by atoms with E-state index in [4.69, 9.17) is 17.0 Å². The van der Waals surface area contributed by atoms with Crippen LogP contribution in [0, 0.1) is 5.39 Å². The second-order valence-electron chi connectivity index (χ2n) is 1.98. The molecule has 11 heavy (non-hydrogen) atoms. The molecular formula is C7H7ClN3+. The normalized spacial score (nSPS) is 8.82. The Morgan fingerprint density at radius 3 is 2.73 bits per heavy atom. The topological polar surface area (TPSA) is 40.2 Å². The van der Waals surface area contributed by atoms with Crippen LogP contribution in [0.25, 0.3) is 4.98 Å². The molecule has 0 unspecified atom stereocenters. The smallest absolute Gasteiger partial charge is 0.380 e. The predicted molar refractivity (Wildman–Crippen MR) is 45.7 cm³/mol. The highest BCUT2D eigenvalue weighted by atomic mass is 35.5. The summed E-state index contributed by atoms with van der Waals surface area (Å²) in [7, 11) is 1.72. The van der Waals surface area contributed by atoms with E-state index < -0.39 is 0 Å². The van der Waals surface area contributed by atoms with E-state index in [1.165, 1.54) is 0 Å². The summed E-state index contributed by atoms with van der Waals surface area (Å²) in [5.74, 6) is 0. The highest BCUT2D eigenvalue weighted by Crippen LogP contribution is 2.31. The molecule has 4 heteroatoms. The molecule has 0 fully saturated rings. The minimum atomic E-state index is 0.444. The van der Waals surface area contributed by atoms with Gasteiger partial charge in [-0.05, 0) is 6.07 Å². The van der Waals surface area contributed by atoms with Gasteiger partial charge in [-0.3, -0.25) is 0 Å².